The molecule has 0 aliphatic heterocycles. The lowest BCUT2D eigenvalue weighted by Crippen LogP contribution is -2.14. The second-order valence-corrected chi connectivity index (χ2v) is 16.1. The molecule has 2 nitrogen and oxygen atoms in total. The highest BCUT2D eigenvalue weighted by Crippen LogP contribution is 2.49. The Morgan fingerprint density at radius 1 is 0.475 bits per heavy atom. The van der Waals surface area contributed by atoms with Crippen molar-refractivity contribution >= 4 is 33.1 Å². The van der Waals surface area contributed by atoms with Gasteiger partial charge in [-0.2, -0.15) is 0 Å². The molecule has 0 radical (unpaired) electrons. The van der Waals surface area contributed by atoms with Crippen LogP contribution >= 0.6 is 0 Å². The molecule has 0 bridgehead atoms. The lowest BCUT2D eigenvalue weighted by molar-refractivity contribution is 0.660. The average molecular weight is 757 g/mol. The Balaban J connectivity index is 1.04. The number of aliphatic imine (C=N–C) groups is 1. The van der Waals surface area contributed by atoms with E-state index >= 15 is 0 Å². The maximum absolute atomic E-state index is 6.79. The lowest BCUT2D eigenvalue weighted by atomic mass is 9.82. The van der Waals surface area contributed by atoms with Crippen LogP contribution in [0.2, 0.25) is 0 Å². The number of amidine groups is 1. The first-order valence-corrected chi connectivity index (χ1v) is 20.5. The van der Waals surface area contributed by atoms with E-state index in [-0.39, 0.29) is 5.41 Å². The van der Waals surface area contributed by atoms with Gasteiger partial charge in [-0.05, 0) is 95.2 Å². The van der Waals surface area contributed by atoms with E-state index < -0.39 is 0 Å². The van der Waals surface area contributed by atoms with Crippen molar-refractivity contribution in [2.45, 2.75) is 25.7 Å². The van der Waals surface area contributed by atoms with E-state index in [2.05, 4.69) is 190 Å². The Labute approximate surface area is 346 Å². The second kappa shape index (κ2) is 14.9. The van der Waals surface area contributed by atoms with E-state index in [1.54, 1.807) is 0 Å². The molecule has 0 aromatic heterocycles. The molecule has 2 heteroatoms. The molecule has 0 fully saturated rings. The van der Waals surface area contributed by atoms with Crippen LogP contribution in [-0.4, -0.2) is 5.84 Å². The van der Waals surface area contributed by atoms with Gasteiger partial charge in [0, 0.05) is 16.5 Å². The third-order valence-electron chi connectivity index (χ3n) is 12.2. The molecule has 1 aliphatic rings. The Morgan fingerprint density at radius 2 is 1.08 bits per heavy atom. The van der Waals surface area contributed by atoms with E-state index in [0.717, 1.165) is 22.2 Å². The quantitative estimate of drug-likeness (QED) is 0.122. The first kappa shape index (κ1) is 36.1. The topological polar surface area (TPSA) is 38.4 Å². The molecule has 0 heterocycles. The minimum Gasteiger partial charge on any atom is -0.383 e. The molecule has 0 spiro atoms. The summed E-state index contributed by atoms with van der Waals surface area (Å²) in [4.78, 5) is 5.19. The summed E-state index contributed by atoms with van der Waals surface area (Å²) in [5, 5.41) is 4.78. The molecule has 0 amide bonds. The van der Waals surface area contributed by atoms with Crippen molar-refractivity contribution in [2.24, 2.45) is 10.7 Å². The average Bonchev–Trinajstić information content (AvgIpc) is 3.52. The highest BCUT2D eigenvalue weighted by Gasteiger charge is 2.35. The Morgan fingerprint density at radius 3 is 1.92 bits per heavy atom. The zero-order valence-corrected chi connectivity index (χ0v) is 33.4. The minimum absolute atomic E-state index is 0.00283. The fourth-order valence-corrected chi connectivity index (χ4v) is 9.16. The van der Waals surface area contributed by atoms with Gasteiger partial charge in [0.25, 0.3) is 0 Å². The van der Waals surface area contributed by atoms with Crippen molar-refractivity contribution in [1.82, 2.24) is 0 Å². The van der Waals surface area contributed by atoms with Gasteiger partial charge in [-0.25, -0.2) is 4.99 Å². The minimum atomic E-state index is -0.00283. The molecule has 0 atom stereocenters. The zero-order valence-electron chi connectivity index (χ0n) is 33.4. The summed E-state index contributed by atoms with van der Waals surface area (Å²) in [6, 6.07) is 71.9. The molecule has 0 saturated carbocycles. The molecule has 0 unspecified atom stereocenters. The largest absolute Gasteiger partial charge is 0.383 e. The van der Waals surface area contributed by atoms with Crippen LogP contribution in [0, 0.1) is 0 Å². The van der Waals surface area contributed by atoms with Gasteiger partial charge in [0.2, 0.25) is 0 Å². The van der Waals surface area contributed by atoms with Crippen LogP contribution in [0.3, 0.4) is 0 Å². The number of benzene rings is 9. The van der Waals surface area contributed by atoms with Crippen molar-refractivity contribution in [3.05, 3.63) is 234 Å². The summed E-state index contributed by atoms with van der Waals surface area (Å²) in [6.07, 6.45) is 2.93. The van der Waals surface area contributed by atoms with E-state index in [1.807, 2.05) is 30.3 Å². The summed E-state index contributed by atoms with van der Waals surface area (Å²) < 4.78 is 0. The van der Waals surface area contributed by atoms with Crippen LogP contribution in [0.15, 0.2) is 211 Å². The number of nitrogens with two attached hydrogens (primary N) is 1. The van der Waals surface area contributed by atoms with Crippen molar-refractivity contribution in [1.29, 1.82) is 0 Å². The molecule has 9 aromatic carbocycles. The highest BCUT2D eigenvalue weighted by molar-refractivity contribution is 6.06. The van der Waals surface area contributed by atoms with Crippen LogP contribution in [0.1, 0.15) is 41.7 Å². The Hall–Kier alpha value is -7.29. The van der Waals surface area contributed by atoms with Crippen LogP contribution in [0.4, 0.5) is 0 Å². The van der Waals surface area contributed by atoms with Crippen LogP contribution in [-0.2, 0) is 11.8 Å². The lowest BCUT2D eigenvalue weighted by Gasteiger charge is -2.21. The van der Waals surface area contributed by atoms with Crippen molar-refractivity contribution in [3.8, 4) is 44.5 Å². The molecule has 59 heavy (non-hydrogen) atoms. The Kier molecular flexibility index (Phi) is 9.11. The third kappa shape index (κ3) is 6.53. The van der Waals surface area contributed by atoms with Crippen LogP contribution in [0.5, 0.6) is 0 Å². The number of rotatable bonds is 8. The van der Waals surface area contributed by atoms with Gasteiger partial charge in [0.1, 0.15) is 5.84 Å². The van der Waals surface area contributed by atoms with Gasteiger partial charge in [-0.3, -0.25) is 0 Å². The molecular weight excluding hydrogens is 713 g/mol. The number of hydrogen-bond acceptors (Lipinski definition) is 1. The third-order valence-corrected chi connectivity index (χ3v) is 12.2. The molecule has 1 aliphatic carbocycles. The van der Waals surface area contributed by atoms with Gasteiger partial charge in [-0.1, -0.05) is 214 Å². The number of fused-ring (bicyclic) bond motifs is 5. The molecule has 9 aromatic rings. The van der Waals surface area contributed by atoms with Crippen molar-refractivity contribution in [3.63, 3.8) is 0 Å². The maximum atomic E-state index is 6.79. The Bertz CT molecular complexity index is 3090. The fraction of sp³-hybridized carbons (Fsp3) is 0.0702. The first-order chi connectivity index (χ1) is 28.9. The summed E-state index contributed by atoms with van der Waals surface area (Å²) in [5.74, 6) is 0.488. The van der Waals surface area contributed by atoms with Gasteiger partial charge in [0.05, 0.1) is 5.70 Å². The van der Waals surface area contributed by atoms with Crippen LogP contribution < -0.4 is 5.73 Å². The molecular formula is C57H44N2. The summed E-state index contributed by atoms with van der Waals surface area (Å²) in [5.41, 5.74) is 23.5. The summed E-state index contributed by atoms with van der Waals surface area (Å²) in [6.45, 7) is 4.66. The standard InChI is InChI=1S/C57H44N2/c1-57(2)53-26-13-12-24-50(53)52-37-43(31-35-54(52)57)38-27-29-41(30-28-38)46-33-34-51(49-23-11-10-22-48(46)49)55(59-56(58)42-17-4-3-5-18-42)36-32-40-16-7-9-21-45(40)47-25-14-19-39-15-6-8-20-44(39)47/h3-31,33-37H,32H2,1-2H3,(H2,58,59)/b55-36-. The number of hydrogen-bond donors (Lipinski definition) is 1. The smallest absolute Gasteiger partial charge is 0.131 e. The zero-order chi connectivity index (χ0) is 39.9. The maximum Gasteiger partial charge on any atom is 0.131 e. The molecule has 2 N–H and O–H groups in total. The second-order valence-electron chi connectivity index (χ2n) is 16.1. The molecule has 282 valence electrons. The van der Waals surface area contributed by atoms with Gasteiger partial charge in [-0.15, -0.1) is 0 Å². The van der Waals surface area contributed by atoms with E-state index in [4.69, 9.17) is 10.7 Å². The first-order valence-electron chi connectivity index (χ1n) is 20.5. The van der Waals surface area contributed by atoms with Gasteiger partial charge in [0.15, 0.2) is 0 Å². The SMILES string of the molecule is CC1(C)c2ccccc2-c2cc(-c3ccc(-c4ccc(/C(=C/Cc5ccccc5-c5cccc6ccccc56)N=C(N)c5ccccc5)c5ccccc45)cc3)ccc21. The highest BCUT2D eigenvalue weighted by atomic mass is 14.9. The molecule has 0 saturated heterocycles. The summed E-state index contributed by atoms with van der Waals surface area (Å²) in [7, 11) is 0. The van der Waals surface area contributed by atoms with Gasteiger partial charge >= 0.3 is 0 Å². The predicted molar refractivity (Wildman–Crippen MR) is 251 cm³/mol. The van der Waals surface area contributed by atoms with E-state index in [0.29, 0.717) is 12.3 Å². The van der Waals surface area contributed by atoms with E-state index in [1.165, 1.54) is 77.4 Å². The monoisotopic (exact) mass is 756 g/mol. The van der Waals surface area contributed by atoms with E-state index in [9.17, 15) is 0 Å². The number of nitrogens with zero attached hydrogens (tertiary/aromatic N) is 1. The number of allylic oxidation sites excluding steroid dienone is 1. The fourth-order valence-electron chi connectivity index (χ4n) is 9.16. The normalized spacial score (nSPS) is 13.4. The molecule has 10 rings (SSSR count). The predicted octanol–water partition coefficient (Wildman–Crippen LogP) is 14.3. The van der Waals surface area contributed by atoms with Gasteiger partial charge < -0.3 is 5.73 Å². The van der Waals surface area contributed by atoms with Crippen molar-refractivity contribution < 1.29 is 0 Å². The van der Waals surface area contributed by atoms with Crippen LogP contribution in [0.25, 0.3) is 71.7 Å². The summed E-state index contributed by atoms with van der Waals surface area (Å²) >= 11 is 0. The van der Waals surface area contributed by atoms with Crippen molar-refractivity contribution in [2.75, 3.05) is 0 Å².